The van der Waals surface area contributed by atoms with Crippen LogP contribution in [0.25, 0.3) is 21.3 Å². The third kappa shape index (κ3) is 2.81. The van der Waals surface area contributed by atoms with Crippen molar-refractivity contribution in [1.82, 2.24) is 9.55 Å². The van der Waals surface area contributed by atoms with E-state index in [0.717, 1.165) is 26.4 Å². The Morgan fingerprint density at radius 3 is 2.48 bits per heavy atom. The summed E-state index contributed by atoms with van der Waals surface area (Å²) in [5.74, 6) is 0. The van der Waals surface area contributed by atoms with E-state index in [1.807, 2.05) is 60.8 Å². The first-order valence-corrected chi connectivity index (χ1v) is 8.22. The number of benzene rings is 2. The van der Waals surface area contributed by atoms with Crippen molar-refractivity contribution < 1.29 is 0 Å². The number of hydrogen-bond acceptors (Lipinski definition) is 3. The fourth-order valence-corrected chi connectivity index (χ4v) is 3.56. The lowest BCUT2D eigenvalue weighted by Gasteiger charge is -2.07. The van der Waals surface area contributed by atoms with Crippen LogP contribution in [0.15, 0.2) is 77.7 Å². The number of hydrogen-bond donors (Lipinski definition) is 0. The Morgan fingerprint density at radius 2 is 1.65 bits per heavy atom. The predicted molar refractivity (Wildman–Crippen MR) is 94.9 cm³/mol. The van der Waals surface area contributed by atoms with Gasteiger partial charge >= 0.3 is 0 Å². The molecule has 4 rings (SSSR count). The Balaban J connectivity index is 1.72. The van der Waals surface area contributed by atoms with Crippen LogP contribution in [0.5, 0.6) is 0 Å². The van der Waals surface area contributed by atoms with Gasteiger partial charge in [-0.1, -0.05) is 42.5 Å². The third-order valence-electron chi connectivity index (χ3n) is 3.73. The van der Waals surface area contributed by atoms with Crippen molar-refractivity contribution in [2.75, 3.05) is 0 Å². The van der Waals surface area contributed by atoms with Crippen molar-refractivity contribution in [2.45, 2.75) is 6.54 Å². The fraction of sp³-hybridized carbons (Fsp3) is 0.0526. The molecule has 0 amide bonds. The molecular formula is C19H14N2OS. The SMILES string of the molecule is O=c1ccc(-c2ccccc2)cn1Cc1nc2ccccc2s1. The van der Waals surface area contributed by atoms with Gasteiger partial charge in [0.2, 0.25) is 0 Å². The Bertz CT molecular complexity index is 985. The fourth-order valence-electron chi connectivity index (χ4n) is 2.59. The first kappa shape index (κ1) is 13.9. The van der Waals surface area contributed by atoms with Crippen molar-refractivity contribution in [3.63, 3.8) is 0 Å². The van der Waals surface area contributed by atoms with Crippen LogP contribution in [0, 0.1) is 0 Å². The molecule has 0 bridgehead atoms. The molecule has 0 fully saturated rings. The topological polar surface area (TPSA) is 34.9 Å². The lowest BCUT2D eigenvalue weighted by Crippen LogP contribution is -2.18. The summed E-state index contributed by atoms with van der Waals surface area (Å²) >= 11 is 1.63. The van der Waals surface area contributed by atoms with E-state index < -0.39 is 0 Å². The minimum absolute atomic E-state index is 0.0102. The van der Waals surface area contributed by atoms with Crippen molar-refractivity contribution in [2.24, 2.45) is 0 Å². The van der Waals surface area contributed by atoms with Gasteiger partial charge in [-0.05, 0) is 29.3 Å². The number of nitrogens with zero attached hydrogens (tertiary/aromatic N) is 2. The number of pyridine rings is 1. The summed E-state index contributed by atoms with van der Waals surface area (Å²) < 4.78 is 2.87. The van der Waals surface area contributed by atoms with Crippen LogP contribution >= 0.6 is 11.3 Å². The van der Waals surface area contributed by atoms with Gasteiger partial charge in [0.05, 0.1) is 16.8 Å². The first-order valence-electron chi connectivity index (χ1n) is 7.40. The standard InChI is InChI=1S/C19H14N2OS/c22-19-11-10-15(14-6-2-1-3-7-14)12-21(19)13-18-20-16-8-4-5-9-17(16)23-18/h1-12H,13H2. The lowest BCUT2D eigenvalue weighted by molar-refractivity contribution is 0.757. The van der Waals surface area contributed by atoms with Crippen molar-refractivity contribution in [3.8, 4) is 11.1 Å². The Morgan fingerprint density at radius 1 is 0.870 bits per heavy atom. The Hall–Kier alpha value is -2.72. The molecule has 2 aromatic heterocycles. The van der Waals surface area contributed by atoms with E-state index >= 15 is 0 Å². The summed E-state index contributed by atoms with van der Waals surface area (Å²) in [6, 6.07) is 21.6. The summed E-state index contributed by atoms with van der Waals surface area (Å²) in [4.78, 5) is 16.8. The summed E-state index contributed by atoms with van der Waals surface area (Å²) in [6.07, 6.45) is 1.91. The van der Waals surface area contributed by atoms with Gasteiger partial charge in [-0.3, -0.25) is 4.79 Å². The van der Waals surface area contributed by atoms with Crippen LogP contribution in [0.3, 0.4) is 0 Å². The highest BCUT2D eigenvalue weighted by atomic mass is 32.1. The number of rotatable bonds is 3. The number of thiazole rings is 1. The van der Waals surface area contributed by atoms with Crippen molar-refractivity contribution in [1.29, 1.82) is 0 Å². The van der Waals surface area contributed by atoms with E-state index in [2.05, 4.69) is 11.1 Å². The van der Waals surface area contributed by atoms with Crippen molar-refractivity contribution >= 4 is 21.6 Å². The van der Waals surface area contributed by atoms with E-state index in [9.17, 15) is 4.79 Å². The van der Waals surface area contributed by atoms with Gasteiger partial charge in [0.25, 0.3) is 5.56 Å². The molecule has 4 aromatic rings. The molecule has 2 heterocycles. The second kappa shape index (κ2) is 5.82. The molecule has 23 heavy (non-hydrogen) atoms. The van der Waals surface area contributed by atoms with E-state index in [0.29, 0.717) is 6.54 Å². The molecule has 112 valence electrons. The van der Waals surface area contributed by atoms with Gasteiger partial charge in [-0.2, -0.15) is 0 Å². The highest BCUT2D eigenvalue weighted by molar-refractivity contribution is 7.18. The molecule has 0 saturated heterocycles. The quantitative estimate of drug-likeness (QED) is 0.568. The molecule has 0 radical (unpaired) electrons. The third-order valence-corrected chi connectivity index (χ3v) is 4.76. The Labute approximate surface area is 137 Å². The van der Waals surface area contributed by atoms with Crippen LogP contribution < -0.4 is 5.56 Å². The minimum atomic E-state index is -0.0102. The summed E-state index contributed by atoms with van der Waals surface area (Å²) in [5, 5.41) is 0.943. The smallest absolute Gasteiger partial charge is 0.250 e. The average Bonchev–Trinajstić information content (AvgIpc) is 3.00. The van der Waals surface area contributed by atoms with Crippen molar-refractivity contribution in [3.05, 3.63) is 88.3 Å². The van der Waals surface area contributed by atoms with Crippen LogP contribution in [-0.2, 0) is 6.54 Å². The second-order valence-electron chi connectivity index (χ2n) is 5.33. The maximum atomic E-state index is 12.2. The van der Waals surface area contributed by atoms with Gasteiger partial charge in [0.1, 0.15) is 5.01 Å². The van der Waals surface area contributed by atoms with Gasteiger partial charge in [-0.15, -0.1) is 11.3 Å². The maximum Gasteiger partial charge on any atom is 0.250 e. The largest absolute Gasteiger partial charge is 0.308 e. The predicted octanol–water partition coefficient (Wildman–Crippen LogP) is 4.17. The molecule has 0 aliphatic carbocycles. The zero-order valence-electron chi connectivity index (χ0n) is 12.3. The van der Waals surface area contributed by atoms with Crippen LogP contribution in [0.1, 0.15) is 5.01 Å². The molecule has 0 aliphatic heterocycles. The lowest BCUT2D eigenvalue weighted by atomic mass is 10.1. The summed E-state index contributed by atoms with van der Waals surface area (Å²) in [6.45, 7) is 0.499. The minimum Gasteiger partial charge on any atom is -0.308 e. The summed E-state index contributed by atoms with van der Waals surface area (Å²) in [7, 11) is 0. The Kier molecular flexibility index (Phi) is 3.52. The highest BCUT2D eigenvalue weighted by Gasteiger charge is 2.06. The van der Waals surface area contributed by atoms with Gasteiger partial charge in [-0.25, -0.2) is 4.98 Å². The van der Waals surface area contributed by atoms with E-state index in [1.54, 1.807) is 22.0 Å². The number of aromatic nitrogens is 2. The highest BCUT2D eigenvalue weighted by Crippen LogP contribution is 2.22. The second-order valence-corrected chi connectivity index (χ2v) is 6.44. The number of fused-ring (bicyclic) bond motifs is 1. The average molecular weight is 318 g/mol. The van der Waals surface area contributed by atoms with Crippen LogP contribution in [0.2, 0.25) is 0 Å². The first-order chi connectivity index (χ1) is 11.3. The molecule has 0 spiro atoms. The normalized spacial score (nSPS) is 11.0. The molecule has 0 atom stereocenters. The molecule has 0 unspecified atom stereocenters. The van der Waals surface area contributed by atoms with Crippen LogP contribution in [0.4, 0.5) is 0 Å². The van der Waals surface area contributed by atoms with Gasteiger partial charge in [0.15, 0.2) is 0 Å². The van der Waals surface area contributed by atoms with E-state index in [-0.39, 0.29) is 5.56 Å². The molecule has 4 heteroatoms. The van der Waals surface area contributed by atoms with Gasteiger partial charge in [0, 0.05) is 12.3 Å². The van der Waals surface area contributed by atoms with E-state index in [1.165, 1.54) is 0 Å². The summed E-state index contributed by atoms with van der Waals surface area (Å²) in [5.41, 5.74) is 3.11. The molecule has 0 N–H and O–H groups in total. The molecule has 2 aromatic carbocycles. The van der Waals surface area contributed by atoms with E-state index in [4.69, 9.17) is 0 Å². The monoisotopic (exact) mass is 318 g/mol. The molecule has 0 saturated carbocycles. The van der Waals surface area contributed by atoms with Crippen LogP contribution in [-0.4, -0.2) is 9.55 Å². The zero-order valence-corrected chi connectivity index (χ0v) is 13.2. The maximum absolute atomic E-state index is 12.2. The molecule has 0 aliphatic rings. The zero-order chi connectivity index (χ0) is 15.6. The number of para-hydroxylation sites is 1. The molecule has 3 nitrogen and oxygen atoms in total. The molecular weight excluding hydrogens is 304 g/mol. The van der Waals surface area contributed by atoms with Gasteiger partial charge < -0.3 is 4.57 Å².